The number of aryl methyl sites for hydroxylation is 2. The van der Waals surface area contributed by atoms with Crippen LogP contribution in [0.2, 0.25) is 0 Å². The molecule has 0 spiro atoms. The number of likely N-dealkylation sites (tertiary alicyclic amines) is 1. The van der Waals surface area contributed by atoms with Gasteiger partial charge in [-0.1, -0.05) is 54.1 Å². The molecule has 2 N–H and O–H groups in total. The molecule has 0 bridgehead atoms. The fraction of sp³-hybridized carbons (Fsp3) is 0.360. The van der Waals surface area contributed by atoms with Gasteiger partial charge in [0.15, 0.2) is 0 Å². The number of aliphatic hydroxyl groups is 1. The smallest absolute Gasteiger partial charge is 0.335 e. The summed E-state index contributed by atoms with van der Waals surface area (Å²) in [5.41, 5.74) is 4.30. The highest BCUT2D eigenvalue weighted by Crippen LogP contribution is 2.21. The molecule has 0 unspecified atom stereocenters. The summed E-state index contributed by atoms with van der Waals surface area (Å²) in [6, 6.07) is 13.4. The average Bonchev–Trinajstić information content (AvgIpc) is 3.04. The minimum absolute atomic E-state index is 0.0101. The van der Waals surface area contributed by atoms with Crippen molar-refractivity contribution in [2.24, 2.45) is 0 Å². The van der Waals surface area contributed by atoms with Crippen molar-refractivity contribution in [3.8, 4) is 0 Å². The first-order valence-electron chi connectivity index (χ1n) is 10.4. The first-order chi connectivity index (χ1) is 14.3. The number of carboxylic acid groups (broad SMARTS) is 1. The van der Waals surface area contributed by atoms with Crippen molar-refractivity contribution in [3.63, 3.8) is 0 Å². The maximum Gasteiger partial charge on any atom is 0.335 e. The Morgan fingerprint density at radius 1 is 1.20 bits per heavy atom. The molecule has 2 aromatic carbocycles. The van der Waals surface area contributed by atoms with Gasteiger partial charge in [0.25, 0.3) is 0 Å². The van der Waals surface area contributed by atoms with E-state index in [-0.39, 0.29) is 11.9 Å². The molecule has 0 aromatic heterocycles. The van der Waals surface area contributed by atoms with Crippen LogP contribution in [-0.4, -0.2) is 45.7 Å². The molecule has 1 heterocycles. The number of rotatable bonds is 8. The minimum atomic E-state index is -0.928. The zero-order chi connectivity index (χ0) is 21.7. The lowest BCUT2D eigenvalue weighted by atomic mass is 10.0. The van der Waals surface area contributed by atoms with Gasteiger partial charge in [-0.3, -0.25) is 4.79 Å². The van der Waals surface area contributed by atoms with Crippen molar-refractivity contribution in [1.82, 2.24) is 4.90 Å². The summed E-state index contributed by atoms with van der Waals surface area (Å²) in [5.74, 6) is -0.806. The standard InChI is InChI=1S/C25H29NO4/c1-17-4-3-5-20(14-17)16-22(27)9-7-21-8-11-24(28)26(21)13-12-19-6-10-23(25(29)30)18(2)15-19/h3-7,9-10,14-15,21-22,27H,8,11-13,16H2,1-2H3,(H,29,30)/t21-,22+/m0/s1. The first kappa shape index (κ1) is 21.8. The zero-order valence-electron chi connectivity index (χ0n) is 17.5. The van der Waals surface area contributed by atoms with Crippen molar-refractivity contribution in [2.75, 3.05) is 6.54 Å². The lowest BCUT2D eigenvalue weighted by molar-refractivity contribution is -0.128. The van der Waals surface area contributed by atoms with Crippen LogP contribution in [0.3, 0.4) is 0 Å². The van der Waals surface area contributed by atoms with Gasteiger partial charge in [0.1, 0.15) is 0 Å². The monoisotopic (exact) mass is 407 g/mol. The number of benzene rings is 2. The van der Waals surface area contributed by atoms with Crippen LogP contribution >= 0.6 is 0 Å². The van der Waals surface area contributed by atoms with Gasteiger partial charge >= 0.3 is 5.97 Å². The molecule has 158 valence electrons. The van der Waals surface area contributed by atoms with E-state index in [1.807, 2.05) is 48.2 Å². The number of hydrogen-bond donors (Lipinski definition) is 2. The van der Waals surface area contributed by atoms with E-state index < -0.39 is 12.1 Å². The molecule has 0 radical (unpaired) electrons. The Morgan fingerprint density at radius 3 is 2.70 bits per heavy atom. The van der Waals surface area contributed by atoms with Gasteiger partial charge in [-0.05, 0) is 49.4 Å². The predicted octanol–water partition coefficient (Wildman–Crippen LogP) is 3.69. The molecule has 2 aromatic rings. The van der Waals surface area contributed by atoms with E-state index in [1.54, 1.807) is 19.1 Å². The van der Waals surface area contributed by atoms with Gasteiger partial charge in [0.05, 0.1) is 17.7 Å². The molecular formula is C25H29NO4. The second kappa shape index (κ2) is 9.72. The van der Waals surface area contributed by atoms with Gasteiger partial charge in [-0.15, -0.1) is 0 Å². The maximum absolute atomic E-state index is 12.3. The maximum atomic E-state index is 12.3. The summed E-state index contributed by atoms with van der Waals surface area (Å²) >= 11 is 0. The Bertz CT molecular complexity index is 950. The number of aliphatic hydroxyl groups excluding tert-OH is 1. The molecule has 5 nitrogen and oxygen atoms in total. The van der Waals surface area contributed by atoms with Gasteiger partial charge in [-0.2, -0.15) is 0 Å². The number of amides is 1. The highest BCUT2D eigenvalue weighted by molar-refractivity contribution is 5.89. The Labute approximate surface area is 177 Å². The number of carboxylic acids is 1. The van der Waals surface area contributed by atoms with E-state index in [1.165, 1.54) is 5.56 Å². The van der Waals surface area contributed by atoms with Gasteiger partial charge in [-0.25, -0.2) is 4.79 Å². The molecule has 30 heavy (non-hydrogen) atoms. The molecule has 3 rings (SSSR count). The van der Waals surface area contributed by atoms with E-state index >= 15 is 0 Å². The van der Waals surface area contributed by atoms with Crippen LogP contribution < -0.4 is 0 Å². The van der Waals surface area contributed by atoms with Crippen LogP contribution in [0.4, 0.5) is 0 Å². The van der Waals surface area contributed by atoms with Crippen molar-refractivity contribution >= 4 is 11.9 Å². The molecular weight excluding hydrogens is 378 g/mol. The largest absolute Gasteiger partial charge is 0.478 e. The second-order valence-electron chi connectivity index (χ2n) is 8.04. The first-order valence-corrected chi connectivity index (χ1v) is 10.4. The van der Waals surface area contributed by atoms with Crippen molar-refractivity contribution in [2.45, 2.75) is 51.7 Å². The van der Waals surface area contributed by atoms with Crippen LogP contribution in [0, 0.1) is 13.8 Å². The van der Waals surface area contributed by atoms with E-state index in [0.717, 1.165) is 23.1 Å². The topological polar surface area (TPSA) is 77.8 Å². The third kappa shape index (κ3) is 5.57. The van der Waals surface area contributed by atoms with E-state index in [9.17, 15) is 14.7 Å². The highest BCUT2D eigenvalue weighted by Gasteiger charge is 2.28. The van der Waals surface area contributed by atoms with Crippen molar-refractivity contribution < 1.29 is 19.8 Å². The van der Waals surface area contributed by atoms with Gasteiger partial charge in [0, 0.05) is 19.4 Å². The normalized spacial score (nSPS) is 17.6. The lowest BCUT2D eigenvalue weighted by Gasteiger charge is -2.23. The lowest BCUT2D eigenvalue weighted by Crippen LogP contribution is -2.33. The van der Waals surface area contributed by atoms with E-state index in [4.69, 9.17) is 5.11 Å². The fourth-order valence-corrected chi connectivity index (χ4v) is 4.02. The molecule has 1 fully saturated rings. The summed E-state index contributed by atoms with van der Waals surface area (Å²) < 4.78 is 0. The predicted molar refractivity (Wildman–Crippen MR) is 117 cm³/mol. The third-order valence-corrected chi connectivity index (χ3v) is 5.62. The molecule has 2 atom stereocenters. The van der Waals surface area contributed by atoms with E-state index in [0.29, 0.717) is 31.4 Å². The minimum Gasteiger partial charge on any atom is -0.478 e. The summed E-state index contributed by atoms with van der Waals surface area (Å²) in [7, 11) is 0. The quantitative estimate of drug-likeness (QED) is 0.654. The Kier molecular flexibility index (Phi) is 7.06. The summed E-state index contributed by atoms with van der Waals surface area (Å²) in [5, 5.41) is 19.5. The second-order valence-corrected chi connectivity index (χ2v) is 8.04. The molecule has 1 aliphatic rings. The Morgan fingerprint density at radius 2 is 2.00 bits per heavy atom. The molecule has 0 saturated carbocycles. The number of aromatic carboxylic acids is 1. The zero-order valence-corrected chi connectivity index (χ0v) is 17.5. The van der Waals surface area contributed by atoms with E-state index in [2.05, 4.69) is 6.07 Å². The van der Waals surface area contributed by atoms with Crippen LogP contribution in [0.15, 0.2) is 54.6 Å². The fourth-order valence-electron chi connectivity index (χ4n) is 4.02. The summed E-state index contributed by atoms with van der Waals surface area (Å²) in [4.78, 5) is 25.4. The SMILES string of the molecule is Cc1cccc(C[C@H](O)C=C[C@H]2CCC(=O)N2CCc2ccc(C(=O)O)c(C)c2)c1. The molecule has 5 heteroatoms. The van der Waals surface area contributed by atoms with Crippen molar-refractivity contribution in [1.29, 1.82) is 0 Å². The number of carbonyl (C=O) groups is 2. The number of nitrogens with zero attached hydrogens (tertiary/aromatic N) is 1. The molecule has 1 saturated heterocycles. The van der Waals surface area contributed by atoms with Gasteiger partial charge in [0.2, 0.25) is 5.91 Å². The van der Waals surface area contributed by atoms with Crippen molar-refractivity contribution in [3.05, 3.63) is 82.4 Å². The van der Waals surface area contributed by atoms with Gasteiger partial charge < -0.3 is 15.1 Å². The van der Waals surface area contributed by atoms with Crippen LogP contribution in [-0.2, 0) is 17.6 Å². The summed E-state index contributed by atoms with van der Waals surface area (Å²) in [6.07, 6.45) is 5.64. The average molecular weight is 408 g/mol. The Hall–Kier alpha value is -2.92. The Balaban J connectivity index is 1.59. The third-order valence-electron chi connectivity index (χ3n) is 5.62. The molecule has 1 aliphatic heterocycles. The number of carbonyl (C=O) groups excluding carboxylic acids is 1. The molecule has 0 aliphatic carbocycles. The van der Waals surface area contributed by atoms with Crippen LogP contribution in [0.25, 0.3) is 0 Å². The highest BCUT2D eigenvalue weighted by atomic mass is 16.4. The number of hydrogen-bond acceptors (Lipinski definition) is 3. The van der Waals surface area contributed by atoms with Crippen LogP contribution in [0.5, 0.6) is 0 Å². The van der Waals surface area contributed by atoms with Crippen LogP contribution in [0.1, 0.15) is 45.5 Å². The molecule has 1 amide bonds. The summed E-state index contributed by atoms with van der Waals surface area (Å²) in [6.45, 7) is 4.40.